The molecule has 4 rings (SSSR count). The van der Waals surface area contributed by atoms with Crippen LogP contribution in [0.15, 0.2) is 34.3 Å². The summed E-state index contributed by atoms with van der Waals surface area (Å²) in [6.45, 7) is 0. The number of rotatable bonds is 5. The molecule has 2 aliphatic heterocycles. The van der Waals surface area contributed by atoms with E-state index in [9.17, 15) is 19.2 Å². The first-order valence-corrected chi connectivity index (χ1v) is 12.2. The van der Waals surface area contributed by atoms with Crippen molar-refractivity contribution < 1.29 is 23.8 Å². The molecule has 1 aliphatic carbocycles. The Morgan fingerprint density at radius 2 is 1.82 bits per heavy atom. The normalized spacial score (nSPS) is 21.1. The second kappa shape index (κ2) is 9.88. The maximum Gasteiger partial charge on any atom is 0.445 e. The van der Waals surface area contributed by atoms with Gasteiger partial charge in [0.2, 0.25) is 17.6 Å². The third-order valence-corrected chi connectivity index (χ3v) is 7.26. The number of imide groups is 1. The van der Waals surface area contributed by atoms with Crippen LogP contribution in [0, 0.1) is 11.8 Å². The van der Waals surface area contributed by atoms with Crippen LogP contribution in [0.25, 0.3) is 0 Å². The van der Waals surface area contributed by atoms with Crippen LogP contribution in [0.4, 0.5) is 10.5 Å². The van der Waals surface area contributed by atoms with Gasteiger partial charge in [-0.2, -0.15) is 9.48 Å². The average molecular weight is 484 g/mol. The van der Waals surface area contributed by atoms with Crippen LogP contribution in [0.2, 0.25) is 0 Å². The lowest BCUT2D eigenvalue weighted by atomic mass is 9.88. The summed E-state index contributed by atoms with van der Waals surface area (Å²) in [6, 6.07) is 5.83. The summed E-state index contributed by atoms with van der Waals surface area (Å²) in [6.07, 6.45) is 5.29. The van der Waals surface area contributed by atoms with Crippen molar-refractivity contribution in [2.24, 2.45) is 27.6 Å². The van der Waals surface area contributed by atoms with Crippen molar-refractivity contribution in [3.8, 4) is 0 Å². The van der Waals surface area contributed by atoms with E-state index in [2.05, 4.69) is 10.3 Å². The molecule has 0 aromatic heterocycles. The third kappa shape index (κ3) is 4.79. The molecule has 3 aliphatic rings. The van der Waals surface area contributed by atoms with Crippen molar-refractivity contribution >= 4 is 57.9 Å². The van der Waals surface area contributed by atoms with E-state index in [1.54, 1.807) is 19.2 Å². The first kappa shape index (κ1) is 23.8. The predicted molar refractivity (Wildman–Crippen MR) is 130 cm³/mol. The summed E-state index contributed by atoms with van der Waals surface area (Å²) in [4.78, 5) is 59.8. The number of primary amides is 1. The summed E-state index contributed by atoms with van der Waals surface area (Å²) in [5.74, 6) is -0.853. The molecule has 3 N–H and O–H groups in total. The lowest BCUT2D eigenvalue weighted by Gasteiger charge is -2.28. The molecule has 1 unspecified atom stereocenters. The van der Waals surface area contributed by atoms with Gasteiger partial charge in [-0.05, 0) is 37.1 Å². The quantitative estimate of drug-likeness (QED) is 0.618. The van der Waals surface area contributed by atoms with Crippen LogP contribution < -0.4 is 11.1 Å². The number of carbonyl (C=O) groups is 4. The molecule has 178 valence electrons. The molecule has 1 atom stereocenters. The molecule has 0 radical (unpaired) electrons. The van der Waals surface area contributed by atoms with Crippen molar-refractivity contribution in [1.29, 1.82) is 0 Å². The van der Waals surface area contributed by atoms with Crippen molar-refractivity contribution in [2.45, 2.75) is 32.1 Å². The summed E-state index contributed by atoms with van der Waals surface area (Å²) in [5, 5.41) is 3.24. The number of urea groups is 1. The molecule has 0 bridgehead atoms. The molecule has 5 amide bonds. The highest BCUT2D eigenvalue weighted by Gasteiger charge is 2.49. The Morgan fingerprint density at radius 3 is 2.47 bits per heavy atom. The number of carbonyl (C=O) groups excluding carboxylic acids is 4. The highest BCUT2D eigenvalue weighted by molar-refractivity contribution is 8.14. The van der Waals surface area contributed by atoms with Gasteiger partial charge >= 0.3 is 11.9 Å². The number of amides is 5. The van der Waals surface area contributed by atoms with Crippen molar-refractivity contribution in [3.63, 3.8) is 0 Å². The highest BCUT2D eigenvalue weighted by atomic mass is 32.2. The maximum atomic E-state index is 13.0. The van der Waals surface area contributed by atoms with Gasteiger partial charge in [0.15, 0.2) is 5.92 Å². The van der Waals surface area contributed by atoms with Crippen LogP contribution in [0.3, 0.4) is 0 Å². The van der Waals surface area contributed by atoms with Gasteiger partial charge < -0.3 is 11.1 Å². The molecule has 10 nitrogen and oxygen atoms in total. The number of benzene rings is 1. The number of anilines is 1. The van der Waals surface area contributed by atoms with Crippen LogP contribution in [0.5, 0.6) is 0 Å². The zero-order chi connectivity index (χ0) is 24.4. The Bertz CT molecular complexity index is 1130. The summed E-state index contributed by atoms with van der Waals surface area (Å²) >= 11 is 1.17. The van der Waals surface area contributed by atoms with Crippen molar-refractivity contribution in [3.05, 3.63) is 29.8 Å². The topological polar surface area (TPSA) is 137 Å². The van der Waals surface area contributed by atoms with Crippen molar-refractivity contribution in [1.82, 2.24) is 4.90 Å². The number of hydrogen-bond acceptors (Lipinski definition) is 7. The Balaban J connectivity index is 1.54. The van der Waals surface area contributed by atoms with Gasteiger partial charge in [0.25, 0.3) is 5.84 Å². The summed E-state index contributed by atoms with van der Waals surface area (Å²) < 4.78 is 1.39. The number of aliphatic imine (C=N–C) groups is 2. The van der Waals surface area contributed by atoms with E-state index >= 15 is 0 Å². The molecule has 2 heterocycles. The van der Waals surface area contributed by atoms with E-state index in [0.29, 0.717) is 28.0 Å². The zero-order valence-corrected chi connectivity index (χ0v) is 19.9. The lowest BCUT2D eigenvalue weighted by molar-refractivity contribution is -0.407. The second-order valence-electron chi connectivity index (χ2n) is 8.56. The fraction of sp³-hybridized carbons (Fsp3) is 0.435. The minimum Gasteiger partial charge on any atom is -0.366 e. The number of amidine groups is 2. The fourth-order valence-corrected chi connectivity index (χ4v) is 5.19. The Kier molecular flexibility index (Phi) is 6.92. The van der Waals surface area contributed by atoms with Crippen LogP contribution in [-0.2, 0) is 9.59 Å². The molecule has 0 spiro atoms. The number of thioether (sulfide) groups is 1. The van der Waals surface area contributed by atoms with E-state index < -0.39 is 23.8 Å². The van der Waals surface area contributed by atoms with Crippen LogP contribution in [-0.4, -0.2) is 69.8 Å². The Morgan fingerprint density at radius 1 is 1.15 bits per heavy atom. The van der Waals surface area contributed by atoms with Gasteiger partial charge in [-0.15, -0.1) is 0 Å². The van der Waals surface area contributed by atoms with Crippen LogP contribution in [0.1, 0.15) is 42.5 Å². The fourth-order valence-electron chi connectivity index (χ4n) is 4.30. The van der Waals surface area contributed by atoms with Gasteiger partial charge in [-0.1, -0.05) is 36.0 Å². The van der Waals surface area contributed by atoms with Gasteiger partial charge in [0.1, 0.15) is 5.04 Å². The predicted octanol–water partition coefficient (Wildman–Crippen LogP) is 2.10. The van der Waals surface area contributed by atoms with E-state index in [1.807, 2.05) is 0 Å². The van der Waals surface area contributed by atoms with Gasteiger partial charge in [-0.25, -0.2) is 9.79 Å². The number of nitrogens with zero attached hydrogens (tertiary/aromatic N) is 4. The van der Waals surface area contributed by atoms with Crippen LogP contribution >= 0.6 is 11.8 Å². The summed E-state index contributed by atoms with van der Waals surface area (Å²) in [7, 11) is 3.04. The first-order valence-electron chi connectivity index (χ1n) is 11.2. The van der Waals surface area contributed by atoms with E-state index in [4.69, 9.17) is 10.7 Å². The molecule has 1 saturated carbocycles. The minimum atomic E-state index is -0.812. The highest BCUT2D eigenvalue weighted by Crippen LogP contribution is 2.31. The van der Waals surface area contributed by atoms with Crippen molar-refractivity contribution in [2.75, 3.05) is 25.2 Å². The van der Waals surface area contributed by atoms with E-state index in [0.717, 1.165) is 30.6 Å². The largest absolute Gasteiger partial charge is 0.445 e. The first-order chi connectivity index (χ1) is 16.3. The Labute approximate surface area is 201 Å². The number of fused-ring (bicyclic) bond motifs is 1. The minimum absolute atomic E-state index is 0.0206. The van der Waals surface area contributed by atoms with Gasteiger partial charge in [0, 0.05) is 17.2 Å². The Hall–Kier alpha value is -3.34. The molecule has 1 fully saturated rings. The molecule has 0 saturated heterocycles. The second-order valence-corrected chi connectivity index (χ2v) is 9.56. The smallest absolute Gasteiger partial charge is 0.366 e. The van der Waals surface area contributed by atoms with Gasteiger partial charge in [-0.3, -0.25) is 14.4 Å². The molecular weight excluding hydrogens is 456 g/mol. The molecule has 34 heavy (non-hydrogen) atoms. The summed E-state index contributed by atoms with van der Waals surface area (Å²) in [5.41, 5.74) is 6.12. The lowest BCUT2D eigenvalue weighted by Crippen LogP contribution is -2.55. The van der Waals surface area contributed by atoms with E-state index in [-0.39, 0.29) is 17.6 Å². The molecule has 1 aromatic rings. The third-order valence-electron chi connectivity index (χ3n) is 6.23. The number of nitrogens with one attached hydrogen (secondary N) is 1. The molecule has 11 heteroatoms. The molecule has 1 aromatic carbocycles. The molecular formula is C23H27N6O4S+. The monoisotopic (exact) mass is 483 g/mol. The SMILES string of the molecule is CN1C(=O)C2C(SCC(=O)Nc3ccc(C(N)=O)cc3)=NC(C3CCCCC3)=NC2=[N+](C)C1=O. The standard InChI is InChI=1S/C23H26N6O4S/c1-28-20-17(22(32)29(2)23(28)33)21(27-19(26-20)14-6-4-3-5-7-14)34-12-16(30)25-15-10-8-13(9-11-15)18(24)31/h8-11,14,17H,3-7,12H2,1-2H3,(H2-,24,25,30,31)/p+1. The average Bonchev–Trinajstić information content (AvgIpc) is 2.85. The van der Waals surface area contributed by atoms with Gasteiger partial charge in [0.05, 0.1) is 19.8 Å². The maximum absolute atomic E-state index is 13.0. The van der Waals surface area contributed by atoms with E-state index in [1.165, 1.54) is 41.9 Å². The zero-order valence-electron chi connectivity index (χ0n) is 19.1. The number of hydrogen-bond donors (Lipinski definition) is 2. The number of nitrogens with two attached hydrogens (primary N) is 1.